The van der Waals surface area contributed by atoms with Gasteiger partial charge in [-0.25, -0.2) is 8.42 Å². The Morgan fingerprint density at radius 3 is 2.26 bits per heavy atom. The van der Waals surface area contributed by atoms with Crippen LogP contribution in [0.5, 0.6) is 0 Å². The van der Waals surface area contributed by atoms with E-state index in [2.05, 4.69) is 10.0 Å². The number of hydrogen-bond acceptors (Lipinski definition) is 4. The molecule has 0 bridgehead atoms. The average molecular weight is 285 g/mol. The molecule has 0 aliphatic heterocycles. The van der Waals surface area contributed by atoms with Crippen LogP contribution in [-0.2, 0) is 10.0 Å². The number of nitrogens with one attached hydrogen (secondary N) is 2. The van der Waals surface area contributed by atoms with Gasteiger partial charge in [-0.15, -0.1) is 0 Å². The van der Waals surface area contributed by atoms with Crippen LogP contribution in [0.4, 0.5) is 5.69 Å². The lowest BCUT2D eigenvalue weighted by atomic mass is 10.2. The minimum absolute atomic E-state index is 0.173. The van der Waals surface area contributed by atoms with Crippen molar-refractivity contribution in [2.24, 2.45) is 0 Å². The second-order valence-corrected chi connectivity index (χ2v) is 6.26. The van der Waals surface area contributed by atoms with Crippen molar-refractivity contribution >= 4 is 21.6 Å². The summed E-state index contributed by atoms with van der Waals surface area (Å²) in [4.78, 5) is 13.7. The summed E-state index contributed by atoms with van der Waals surface area (Å²) < 4.78 is 24.4. The van der Waals surface area contributed by atoms with Crippen molar-refractivity contribution < 1.29 is 13.2 Å². The zero-order chi connectivity index (χ0) is 14.5. The van der Waals surface area contributed by atoms with E-state index < -0.39 is 10.0 Å². The van der Waals surface area contributed by atoms with Crippen LogP contribution in [0, 0.1) is 0 Å². The predicted molar refractivity (Wildman–Crippen MR) is 75.8 cm³/mol. The molecule has 0 fully saturated rings. The Morgan fingerprint density at radius 2 is 1.79 bits per heavy atom. The number of carbonyl (C=O) groups is 1. The molecule has 1 amide bonds. The molecule has 6 nitrogen and oxygen atoms in total. The number of carbonyl (C=O) groups excluding carboxylic acids is 1. The molecule has 0 aromatic heterocycles. The van der Waals surface area contributed by atoms with E-state index in [-0.39, 0.29) is 5.91 Å². The molecule has 0 unspecified atom stereocenters. The Bertz CT molecular complexity index is 524. The van der Waals surface area contributed by atoms with Crippen LogP contribution in [-0.4, -0.2) is 52.7 Å². The summed E-state index contributed by atoms with van der Waals surface area (Å²) in [5.74, 6) is -0.173. The Balaban J connectivity index is 2.58. The largest absolute Gasteiger partial charge is 0.351 e. The van der Waals surface area contributed by atoms with E-state index in [1.807, 2.05) is 19.0 Å². The predicted octanol–water partition coefficient (Wildman–Crippen LogP) is 0.349. The van der Waals surface area contributed by atoms with Gasteiger partial charge >= 0.3 is 0 Å². The highest BCUT2D eigenvalue weighted by molar-refractivity contribution is 7.92. The molecule has 0 saturated heterocycles. The molecule has 0 aliphatic carbocycles. The molecule has 2 N–H and O–H groups in total. The van der Waals surface area contributed by atoms with Crippen LogP contribution in [0.3, 0.4) is 0 Å². The van der Waals surface area contributed by atoms with E-state index >= 15 is 0 Å². The second-order valence-electron chi connectivity index (χ2n) is 4.51. The fraction of sp³-hybridized carbons (Fsp3) is 0.417. The molecule has 0 atom stereocenters. The van der Waals surface area contributed by atoms with E-state index in [9.17, 15) is 13.2 Å². The van der Waals surface area contributed by atoms with Gasteiger partial charge in [0, 0.05) is 24.3 Å². The summed E-state index contributed by atoms with van der Waals surface area (Å²) >= 11 is 0. The van der Waals surface area contributed by atoms with Crippen molar-refractivity contribution in [2.45, 2.75) is 0 Å². The topological polar surface area (TPSA) is 78.5 Å². The summed E-state index contributed by atoms with van der Waals surface area (Å²) in [6.45, 7) is 1.33. The molecule has 19 heavy (non-hydrogen) atoms. The third-order valence-corrected chi connectivity index (χ3v) is 2.90. The lowest BCUT2D eigenvalue weighted by Crippen LogP contribution is -2.31. The summed E-state index contributed by atoms with van der Waals surface area (Å²) in [7, 11) is 0.567. The smallest absolute Gasteiger partial charge is 0.251 e. The van der Waals surface area contributed by atoms with Gasteiger partial charge in [0.15, 0.2) is 0 Å². The molecule has 1 aromatic carbocycles. The SMILES string of the molecule is CN(C)CCNC(=O)c1ccc(NS(C)(=O)=O)cc1. The standard InChI is InChI=1S/C12H19N3O3S/c1-15(2)9-8-13-12(16)10-4-6-11(7-5-10)14-19(3,17)18/h4-7,14H,8-9H2,1-3H3,(H,13,16). The number of benzene rings is 1. The Kier molecular flexibility index (Phi) is 5.31. The molecule has 0 heterocycles. The minimum atomic E-state index is -3.29. The van der Waals surface area contributed by atoms with E-state index in [0.717, 1.165) is 12.8 Å². The van der Waals surface area contributed by atoms with Crippen LogP contribution in [0.25, 0.3) is 0 Å². The fourth-order valence-corrected chi connectivity index (χ4v) is 1.96. The quantitative estimate of drug-likeness (QED) is 0.790. The first-order valence-electron chi connectivity index (χ1n) is 5.79. The van der Waals surface area contributed by atoms with E-state index in [4.69, 9.17) is 0 Å². The van der Waals surface area contributed by atoms with Crippen LogP contribution >= 0.6 is 0 Å². The van der Waals surface area contributed by atoms with Gasteiger partial charge < -0.3 is 10.2 Å². The van der Waals surface area contributed by atoms with Crippen LogP contribution in [0.1, 0.15) is 10.4 Å². The first kappa shape index (κ1) is 15.5. The number of likely N-dealkylation sites (N-methyl/N-ethyl adjacent to an activating group) is 1. The first-order chi connectivity index (χ1) is 8.78. The van der Waals surface area contributed by atoms with Crippen molar-refractivity contribution in [3.63, 3.8) is 0 Å². The highest BCUT2D eigenvalue weighted by Crippen LogP contribution is 2.10. The zero-order valence-electron chi connectivity index (χ0n) is 11.3. The molecular formula is C12H19N3O3S. The molecule has 0 saturated carbocycles. The van der Waals surface area contributed by atoms with Gasteiger partial charge in [-0.2, -0.15) is 0 Å². The number of nitrogens with zero attached hydrogens (tertiary/aromatic N) is 1. The maximum atomic E-state index is 11.8. The highest BCUT2D eigenvalue weighted by atomic mass is 32.2. The molecule has 1 aromatic rings. The molecule has 0 radical (unpaired) electrons. The number of rotatable bonds is 6. The van der Waals surface area contributed by atoms with Crippen molar-refractivity contribution in [2.75, 3.05) is 38.2 Å². The van der Waals surface area contributed by atoms with E-state index in [1.165, 1.54) is 0 Å². The average Bonchev–Trinajstić information content (AvgIpc) is 2.27. The lowest BCUT2D eigenvalue weighted by molar-refractivity contribution is 0.0951. The van der Waals surface area contributed by atoms with Crippen LogP contribution < -0.4 is 10.0 Å². The number of amides is 1. The third-order valence-electron chi connectivity index (χ3n) is 2.29. The van der Waals surface area contributed by atoms with Crippen molar-refractivity contribution in [1.82, 2.24) is 10.2 Å². The molecular weight excluding hydrogens is 266 g/mol. The Labute approximate surface area is 113 Å². The summed E-state index contributed by atoms with van der Waals surface area (Å²) in [6, 6.07) is 6.28. The van der Waals surface area contributed by atoms with Crippen molar-refractivity contribution in [1.29, 1.82) is 0 Å². The van der Waals surface area contributed by atoms with Gasteiger partial charge in [0.05, 0.1) is 6.26 Å². The molecule has 0 aliphatic rings. The highest BCUT2D eigenvalue weighted by Gasteiger charge is 2.06. The monoisotopic (exact) mass is 285 g/mol. The van der Waals surface area contributed by atoms with Gasteiger partial charge in [0.1, 0.15) is 0 Å². The van der Waals surface area contributed by atoms with Gasteiger partial charge in [-0.1, -0.05) is 0 Å². The first-order valence-corrected chi connectivity index (χ1v) is 7.68. The summed E-state index contributed by atoms with van der Waals surface area (Å²) in [5, 5.41) is 2.78. The molecule has 106 valence electrons. The summed E-state index contributed by atoms with van der Waals surface area (Å²) in [6.07, 6.45) is 1.08. The van der Waals surface area contributed by atoms with Gasteiger partial charge in [-0.3, -0.25) is 9.52 Å². The minimum Gasteiger partial charge on any atom is -0.351 e. The maximum Gasteiger partial charge on any atom is 0.251 e. The normalized spacial score (nSPS) is 11.4. The molecule has 7 heteroatoms. The number of hydrogen-bond donors (Lipinski definition) is 2. The number of sulfonamides is 1. The second kappa shape index (κ2) is 6.53. The third kappa shape index (κ3) is 6.21. The van der Waals surface area contributed by atoms with Crippen LogP contribution in [0.15, 0.2) is 24.3 Å². The van der Waals surface area contributed by atoms with Crippen molar-refractivity contribution in [3.8, 4) is 0 Å². The van der Waals surface area contributed by atoms with Gasteiger partial charge in [0.25, 0.3) is 5.91 Å². The Morgan fingerprint density at radius 1 is 1.21 bits per heavy atom. The van der Waals surface area contributed by atoms with Crippen molar-refractivity contribution in [3.05, 3.63) is 29.8 Å². The van der Waals surface area contributed by atoms with Crippen LogP contribution in [0.2, 0.25) is 0 Å². The molecule has 1 rings (SSSR count). The lowest BCUT2D eigenvalue weighted by Gasteiger charge is -2.10. The van der Waals surface area contributed by atoms with Gasteiger partial charge in [0.2, 0.25) is 10.0 Å². The number of anilines is 1. The van der Waals surface area contributed by atoms with E-state index in [1.54, 1.807) is 24.3 Å². The fourth-order valence-electron chi connectivity index (χ4n) is 1.40. The maximum absolute atomic E-state index is 11.8. The van der Waals surface area contributed by atoms with Gasteiger partial charge in [-0.05, 0) is 38.4 Å². The Hall–Kier alpha value is -1.60. The molecule has 0 spiro atoms. The van der Waals surface area contributed by atoms with E-state index in [0.29, 0.717) is 17.8 Å². The summed E-state index contributed by atoms with van der Waals surface area (Å²) in [5.41, 5.74) is 0.935. The zero-order valence-corrected chi connectivity index (χ0v) is 12.1.